The maximum absolute atomic E-state index is 6.49. The van der Waals surface area contributed by atoms with Crippen molar-refractivity contribution in [2.24, 2.45) is 5.92 Å². The Morgan fingerprint density at radius 1 is 1.19 bits per heavy atom. The number of alkyl halides is 1. The molecule has 1 unspecified atom stereocenters. The molecule has 1 atom stereocenters. The second-order valence-corrected chi connectivity index (χ2v) is 6.22. The first-order chi connectivity index (χ1) is 10.2. The SMILES string of the molecule is CCC(CC)C(Cl)CNCc1cc(C)nc2ccccc12. The van der Waals surface area contributed by atoms with Gasteiger partial charge in [0.1, 0.15) is 0 Å². The van der Waals surface area contributed by atoms with Crippen molar-refractivity contribution in [1.82, 2.24) is 10.3 Å². The van der Waals surface area contributed by atoms with Gasteiger partial charge in [-0.2, -0.15) is 0 Å². The molecule has 1 aromatic carbocycles. The molecule has 114 valence electrons. The number of hydrogen-bond acceptors (Lipinski definition) is 2. The maximum atomic E-state index is 6.49. The van der Waals surface area contributed by atoms with Gasteiger partial charge in [0.25, 0.3) is 0 Å². The van der Waals surface area contributed by atoms with Crippen molar-refractivity contribution in [1.29, 1.82) is 0 Å². The number of halogens is 1. The zero-order valence-electron chi connectivity index (χ0n) is 13.2. The summed E-state index contributed by atoms with van der Waals surface area (Å²) in [7, 11) is 0. The highest BCUT2D eigenvalue weighted by Crippen LogP contribution is 2.20. The summed E-state index contributed by atoms with van der Waals surface area (Å²) in [5.74, 6) is 0.593. The zero-order chi connectivity index (χ0) is 15.2. The summed E-state index contributed by atoms with van der Waals surface area (Å²) in [5, 5.41) is 4.94. The number of rotatable bonds is 7. The highest BCUT2D eigenvalue weighted by molar-refractivity contribution is 6.21. The second kappa shape index (κ2) is 7.77. The van der Waals surface area contributed by atoms with Crippen molar-refractivity contribution in [2.75, 3.05) is 6.54 Å². The fraction of sp³-hybridized carbons (Fsp3) is 0.500. The van der Waals surface area contributed by atoms with Crippen LogP contribution in [0.25, 0.3) is 10.9 Å². The normalized spacial score (nSPS) is 13.0. The number of para-hydroxylation sites is 1. The monoisotopic (exact) mass is 304 g/mol. The molecule has 0 aliphatic rings. The van der Waals surface area contributed by atoms with Gasteiger partial charge < -0.3 is 5.32 Å². The van der Waals surface area contributed by atoms with Crippen molar-refractivity contribution in [3.8, 4) is 0 Å². The molecule has 3 heteroatoms. The minimum atomic E-state index is 0.203. The van der Waals surface area contributed by atoms with E-state index in [2.05, 4.69) is 48.4 Å². The van der Waals surface area contributed by atoms with Crippen LogP contribution in [0.4, 0.5) is 0 Å². The summed E-state index contributed by atoms with van der Waals surface area (Å²) in [6.07, 6.45) is 2.29. The average Bonchev–Trinajstić information content (AvgIpc) is 2.48. The number of aryl methyl sites for hydroxylation is 1. The van der Waals surface area contributed by atoms with Crippen LogP contribution in [0.2, 0.25) is 0 Å². The summed E-state index contributed by atoms with van der Waals surface area (Å²) in [6, 6.07) is 10.5. The molecule has 2 nitrogen and oxygen atoms in total. The van der Waals surface area contributed by atoms with Crippen LogP contribution in [-0.4, -0.2) is 16.9 Å². The highest BCUT2D eigenvalue weighted by Gasteiger charge is 2.15. The van der Waals surface area contributed by atoms with Gasteiger partial charge in [-0.05, 0) is 30.5 Å². The lowest BCUT2D eigenvalue weighted by atomic mass is 9.99. The van der Waals surface area contributed by atoms with Gasteiger partial charge in [-0.25, -0.2) is 0 Å². The Bertz CT molecular complexity index is 578. The van der Waals surface area contributed by atoms with Crippen LogP contribution in [0.3, 0.4) is 0 Å². The Morgan fingerprint density at radius 2 is 1.90 bits per heavy atom. The molecule has 0 saturated heterocycles. The minimum Gasteiger partial charge on any atom is -0.311 e. The molecule has 2 rings (SSSR count). The van der Waals surface area contributed by atoms with E-state index in [0.29, 0.717) is 5.92 Å². The zero-order valence-corrected chi connectivity index (χ0v) is 14.0. The van der Waals surface area contributed by atoms with E-state index in [-0.39, 0.29) is 5.38 Å². The summed E-state index contributed by atoms with van der Waals surface area (Å²) in [6.45, 7) is 8.16. The van der Waals surface area contributed by atoms with Gasteiger partial charge in [-0.15, -0.1) is 11.6 Å². The van der Waals surface area contributed by atoms with Crippen molar-refractivity contribution in [3.63, 3.8) is 0 Å². The molecule has 0 saturated carbocycles. The topological polar surface area (TPSA) is 24.9 Å². The third-order valence-corrected chi connectivity index (χ3v) is 4.66. The van der Waals surface area contributed by atoms with Gasteiger partial charge in [0.15, 0.2) is 0 Å². The van der Waals surface area contributed by atoms with Gasteiger partial charge in [0.2, 0.25) is 0 Å². The number of benzene rings is 1. The lowest BCUT2D eigenvalue weighted by Crippen LogP contribution is -2.28. The number of hydrogen-bond donors (Lipinski definition) is 1. The van der Waals surface area contributed by atoms with Gasteiger partial charge in [0, 0.05) is 29.5 Å². The van der Waals surface area contributed by atoms with E-state index in [0.717, 1.165) is 37.1 Å². The van der Waals surface area contributed by atoms with E-state index < -0.39 is 0 Å². The Morgan fingerprint density at radius 3 is 2.62 bits per heavy atom. The molecule has 1 N–H and O–H groups in total. The first-order valence-corrected chi connectivity index (χ1v) is 8.29. The summed E-state index contributed by atoms with van der Waals surface area (Å²) >= 11 is 6.49. The van der Waals surface area contributed by atoms with E-state index in [1.807, 2.05) is 13.0 Å². The van der Waals surface area contributed by atoms with Crippen LogP contribution in [0.5, 0.6) is 0 Å². The van der Waals surface area contributed by atoms with Gasteiger partial charge in [0.05, 0.1) is 5.52 Å². The van der Waals surface area contributed by atoms with E-state index in [1.54, 1.807) is 0 Å². The lowest BCUT2D eigenvalue weighted by molar-refractivity contribution is 0.446. The van der Waals surface area contributed by atoms with Crippen LogP contribution in [0, 0.1) is 12.8 Å². The van der Waals surface area contributed by atoms with Crippen LogP contribution >= 0.6 is 11.6 Å². The highest BCUT2D eigenvalue weighted by atomic mass is 35.5. The van der Waals surface area contributed by atoms with Crippen molar-refractivity contribution in [2.45, 2.75) is 45.5 Å². The van der Waals surface area contributed by atoms with Crippen LogP contribution in [0.1, 0.15) is 37.9 Å². The van der Waals surface area contributed by atoms with Crippen molar-refractivity contribution >= 4 is 22.5 Å². The van der Waals surface area contributed by atoms with E-state index >= 15 is 0 Å². The van der Waals surface area contributed by atoms with Crippen LogP contribution in [0.15, 0.2) is 30.3 Å². The minimum absolute atomic E-state index is 0.203. The Kier molecular flexibility index (Phi) is 6.01. The molecule has 0 aliphatic carbocycles. The molecule has 21 heavy (non-hydrogen) atoms. The summed E-state index contributed by atoms with van der Waals surface area (Å²) in [5.41, 5.74) is 3.43. The number of aromatic nitrogens is 1. The standard InChI is InChI=1S/C18H25ClN2/c1-4-14(5-2)17(19)12-20-11-15-10-13(3)21-18-9-7-6-8-16(15)18/h6-10,14,17,20H,4-5,11-12H2,1-3H3. The van der Waals surface area contributed by atoms with Gasteiger partial charge in [-0.1, -0.05) is 44.9 Å². The summed E-state index contributed by atoms with van der Waals surface area (Å²) in [4.78, 5) is 4.58. The van der Waals surface area contributed by atoms with E-state index in [1.165, 1.54) is 10.9 Å². The first-order valence-electron chi connectivity index (χ1n) is 7.85. The summed E-state index contributed by atoms with van der Waals surface area (Å²) < 4.78 is 0. The van der Waals surface area contributed by atoms with E-state index in [9.17, 15) is 0 Å². The third-order valence-electron chi connectivity index (χ3n) is 4.14. The quantitative estimate of drug-likeness (QED) is 0.751. The van der Waals surface area contributed by atoms with Crippen LogP contribution < -0.4 is 5.32 Å². The van der Waals surface area contributed by atoms with Crippen molar-refractivity contribution < 1.29 is 0 Å². The molecule has 0 fully saturated rings. The van der Waals surface area contributed by atoms with Gasteiger partial charge in [-0.3, -0.25) is 4.98 Å². The predicted molar refractivity (Wildman–Crippen MR) is 91.9 cm³/mol. The molecule has 1 aromatic heterocycles. The third kappa shape index (κ3) is 4.18. The molecule has 1 heterocycles. The Hall–Kier alpha value is -1.12. The predicted octanol–water partition coefficient (Wildman–Crippen LogP) is 4.68. The van der Waals surface area contributed by atoms with E-state index in [4.69, 9.17) is 11.6 Å². The molecular weight excluding hydrogens is 280 g/mol. The molecule has 0 spiro atoms. The number of pyridine rings is 1. The molecular formula is C18H25ClN2. The second-order valence-electron chi connectivity index (χ2n) is 5.66. The average molecular weight is 305 g/mol. The fourth-order valence-electron chi connectivity index (χ4n) is 2.85. The smallest absolute Gasteiger partial charge is 0.0708 e. The molecule has 0 amide bonds. The fourth-order valence-corrected chi connectivity index (χ4v) is 3.32. The van der Waals surface area contributed by atoms with Crippen molar-refractivity contribution in [3.05, 3.63) is 41.6 Å². The molecule has 0 radical (unpaired) electrons. The first kappa shape index (κ1) is 16.3. The Balaban J connectivity index is 2.04. The van der Waals surface area contributed by atoms with Crippen LogP contribution in [-0.2, 0) is 6.54 Å². The molecule has 0 aliphatic heterocycles. The maximum Gasteiger partial charge on any atom is 0.0708 e. The Labute approximate surface area is 132 Å². The van der Waals surface area contributed by atoms with Gasteiger partial charge >= 0.3 is 0 Å². The lowest BCUT2D eigenvalue weighted by Gasteiger charge is -2.20. The molecule has 2 aromatic rings. The molecule has 0 bridgehead atoms. The number of nitrogens with one attached hydrogen (secondary N) is 1. The number of fused-ring (bicyclic) bond motifs is 1. The number of nitrogens with zero attached hydrogens (tertiary/aromatic N) is 1. The largest absolute Gasteiger partial charge is 0.311 e.